The standard InChI is InChI=1S/C9H9Cl3/c1-5(2)9-7(11)3-6(10)4-8(9)12/h3-5H,1-2H3. The average Bonchev–Trinajstić information content (AvgIpc) is 1.82. The SMILES string of the molecule is CC(C)c1c(Cl)cc(Cl)cc1Cl. The van der Waals surface area contributed by atoms with Gasteiger partial charge in [-0.05, 0) is 23.6 Å². The van der Waals surface area contributed by atoms with Crippen LogP contribution in [0.15, 0.2) is 12.1 Å². The van der Waals surface area contributed by atoms with Crippen LogP contribution in [0.1, 0.15) is 25.3 Å². The zero-order valence-corrected chi connectivity index (χ0v) is 9.13. The molecule has 66 valence electrons. The van der Waals surface area contributed by atoms with Gasteiger partial charge in [0.25, 0.3) is 0 Å². The van der Waals surface area contributed by atoms with Crippen LogP contribution >= 0.6 is 34.8 Å². The monoisotopic (exact) mass is 222 g/mol. The smallest absolute Gasteiger partial charge is 0.0470 e. The minimum Gasteiger partial charge on any atom is -0.0842 e. The Bertz CT molecular complexity index is 269. The summed E-state index contributed by atoms with van der Waals surface area (Å²) < 4.78 is 0. The highest BCUT2D eigenvalue weighted by Gasteiger charge is 2.10. The molecule has 0 aliphatic heterocycles. The zero-order chi connectivity index (χ0) is 9.30. The Morgan fingerprint density at radius 2 is 1.42 bits per heavy atom. The Kier molecular flexibility index (Phi) is 3.28. The molecule has 0 N–H and O–H groups in total. The molecule has 0 nitrogen and oxygen atoms in total. The summed E-state index contributed by atoms with van der Waals surface area (Å²) in [7, 11) is 0. The van der Waals surface area contributed by atoms with Gasteiger partial charge in [-0.2, -0.15) is 0 Å². The number of halogens is 3. The Morgan fingerprint density at radius 1 is 1.00 bits per heavy atom. The second-order valence-corrected chi connectivity index (χ2v) is 4.19. The third-order valence-electron chi connectivity index (χ3n) is 1.62. The first-order valence-electron chi connectivity index (χ1n) is 3.67. The topological polar surface area (TPSA) is 0 Å². The molecule has 0 unspecified atom stereocenters. The summed E-state index contributed by atoms with van der Waals surface area (Å²) in [5.74, 6) is 0.322. The summed E-state index contributed by atoms with van der Waals surface area (Å²) in [6, 6.07) is 3.43. The molecule has 12 heavy (non-hydrogen) atoms. The molecular weight excluding hydrogens is 214 g/mol. The van der Waals surface area contributed by atoms with Gasteiger partial charge in [-0.15, -0.1) is 0 Å². The van der Waals surface area contributed by atoms with Crippen LogP contribution in [0.5, 0.6) is 0 Å². The van der Waals surface area contributed by atoms with Crippen LogP contribution < -0.4 is 0 Å². The molecule has 0 aliphatic rings. The summed E-state index contributed by atoms with van der Waals surface area (Å²) in [5, 5.41) is 1.86. The van der Waals surface area contributed by atoms with Crippen LogP contribution in [0.2, 0.25) is 15.1 Å². The second-order valence-electron chi connectivity index (χ2n) is 2.94. The quantitative estimate of drug-likeness (QED) is 0.643. The Morgan fingerprint density at radius 3 is 1.75 bits per heavy atom. The molecule has 0 fully saturated rings. The molecule has 1 aromatic carbocycles. The molecule has 0 atom stereocenters. The van der Waals surface area contributed by atoms with Gasteiger partial charge in [-0.3, -0.25) is 0 Å². The van der Waals surface area contributed by atoms with Crippen LogP contribution in [0, 0.1) is 0 Å². The first kappa shape index (κ1) is 10.2. The molecule has 0 amide bonds. The van der Waals surface area contributed by atoms with E-state index in [9.17, 15) is 0 Å². The van der Waals surface area contributed by atoms with E-state index in [1.165, 1.54) is 0 Å². The molecule has 0 saturated heterocycles. The van der Waals surface area contributed by atoms with Crippen molar-refractivity contribution in [3.8, 4) is 0 Å². The summed E-state index contributed by atoms with van der Waals surface area (Å²) in [6.45, 7) is 4.09. The molecule has 3 heteroatoms. The minimum absolute atomic E-state index is 0.322. The van der Waals surface area contributed by atoms with Crippen molar-refractivity contribution in [3.05, 3.63) is 32.8 Å². The van der Waals surface area contributed by atoms with Crippen LogP contribution in [0.4, 0.5) is 0 Å². The second kappa shape index (κ2) is 3.87. The highest BCUT2D eigenvalue weighted by atomic mass is 35.5. The largest absolute Gasteiger partial charge is 0.0842 e. The number of hydrogen-bond acceptors (Lipinski definition) is 0. The maximum Gasteiger partial charge on any atom is 0.0470 e. The van der Waals surface area contributed by atoms with E-state index in [2.05, 4.69) is 0 Å². The van der Waals surface area contributed by atoms with Gasteiger partial charge in [0.1, 0.15) is 0 Å². The molecule has 1 aromatic rings. The van der Waals surface area contributed by atoms with Crippen LogP contribution in [0.25, 0.3) is 0 Å². The van der Waals surface area contributed by atoms with Gasteiger partial charge in [-0.1, -0.05) is 48.7 Å². The fraction of sp³-hybridized carbons (Fsp3) is 0.333. The molecule has 1 rings (SSSR count). The van der Waals surface area contributed by atoms with Crippen molar-refractivity contribution >= 4 is 34.8 Å². The molecule has 0 bridgehead atoms. The van der Waals surface area contributed by atoms with Gasteiger partial charge in [0.2, 0.25) is 0 Å². The van der Waals surface area contributed by atoms with E-state index in [4.69, 9.17) is 34.8 Å². The van der Waals surface area contributed by atoms with Gasteiger partial charge in [0.05, 0.1) is 0 Å². The normalized spacial score (nSPS) is 10.8. The van der Waals surface area contributed by atoms with Gasteiger partial charge < -0.3 is 0 Å². The van der Waals surface area contributed by atoms with Gasteiger partial charge in [-0.25, -0.2) is 0 Å². The lowest BCUT2D eigenvalue weighted by atomic mass is 10.0. The Hall–Kier alpha value is 0.0900. The highest BCUT2D eigenvalue weighted by Crippen LogP contribution is 2.33. The van der Waals surface area contributed by atoms with Gasteiger partial charge in [0, 0.05) is 15.1 Å². The van der Waals surface area contributed by atoms with Gasteiger partial charge >= 0.3 is 0 Å². The average molecular weight is 224 g/mol. The van der Waals surface area contributed by atoms with Crippen molar-refractivity contribution in [2.45, 2.75) is 19.8 Å². The molecule has 0 aliphatic carbocycles. The molecule has 0 radical (unpaired) electrons. The lowest BCUT2D eigenvalue weighted by Crippen LogP contribution is -1.90. The highest BCUT2D eigenvalue weighted by molar-refractivity contribution is 6.39. The first-order valence-corrected chi connectivity index (χ1v) is 4.80. The predicted octanol–water partition coefficient (Wildman–Crippen LogP) is 4.77. The maximum absolute atomic E-state index is 5.96. The molecule has 0 spiro atoms. The van der Waals surface area contributed by atoms with E-state index in [1.807, 2.05) is 13.8 Å². The minimum atomic E-state index is 0.322. The number of hydrogen-bond donors (Lipinski definition) is 0. The van der Waals surface area contributed by atoms with E-state index in [1.54, 1.807) is 12.1 Å². The molecule has 0 aromatic heterocycles. The fourth-order valence-electron chi connectivity index (χ4n) is 1.10. The third-order valence-corrected chi connectivity index (χ3v) is 2.46. The summed E-state index contributed by atoms with van der Waals surface area (Å²) in [4.78, 5) is 0. The van der Waals surface area contributed by atoms with E-state index in [0.717, 1.165) is 5.56 Å². The van der Waals surface area contributed by atoms with Crippen molar-refractivity contribution in [1.82, 2.24) is 0 Å². The van der Waals surface area contributed by atoms with Gasteiger partial charge in [0.15, 0.2) is 0 Å². The molecule has 0 saturated carbocycles. The van der Waals surface area contributed by atoms with Crippen molar-refractivity contribution < 1.29 is 0 Å². The predicted molar refractivity (Wildman–Crippen MR) is 55.6 cm³/mol. The number of rotatable bonds is 1. The summed E-state index contributed by atoms with van der Waals surface area (Å²) in [6.07, 6.45) is 0. The number of benzene rings is 1. The lowest BCUT2D eigenvalue weighted by Gasteiger charge is -2.10. The lowest BCUT2D eigenvalue weighted by molar-refractivity contribution is 0.867. The Balaban J connectivity index is 3.28. The molecular formula is C9H9Cl3. The zero-order valence-electron chi connectivity index (χ0n) is 6.87. The first-order chi connectivity index (χ1) is 5.52. The summed E-state index contributed by atoms with van der Waals surface area (Å²) >= 11 is 17.7. The van der Waals surface area contributed by atoms with E-state index >= 15 is 0 Å². The Labute approximate surface area is 87.4 Å². The van der Waals surface area contributed by atoms with Crippen molar-refractivity contribution in [3.63, 3.8) is 0 Å². The van der Waals surface area contributed by atoms with E-state index < -0.39 is 0 Å². The van der Waals surface area contributed by atoms with E-state index in [-0.39, 0.29) is 0 Å². The van der Waals surface area contributed by atoms with Crippen LogP contribution in [0.3, 0.4) is 0 Å². The molecule has 0 heterocycles. The fourth-order valence-corrected chi connectivity index (χ4v) is 2.36. The maximum atomic E-state index is 5.96. The van der Waals surface area contributed by atoms with Crippen LogP contribution in [-0.2, 0) is 0 Å². The summed E-state index contributed by atoms with van der Waals surface area (Å²) in [5.41, 5.74) is 0.961. The van der Waals surface area contributed by atoms with Crippen LogP contribution in [-0.4, -0.2) is 0 Å². The van der Waals surface area contributed by atoms with Crippen molar-refractivity contribution in [2.75, 3.05) is 0 Å². The van der Waals surface area contributed by atoms with Crippen molar-refractivity contribution in [1.29, 1.82) is 0 Å². The van der Waals surface area contributed by atoms with E-state index in [0.29, 0.717) is 21.0 Å². The van der Waals surface area contributed by atoms with Crippen molar-refractivity contribution in [2.24, 2.45) is 0 Å². The third kappa shape index (κ3) is 2.07.